The van der Waals surface area contributed by atoms with Crippen LogP contribution in [0.25, 0.3) is 5.69 Å². The second-order valence-corrected chi connectivity index (χ2v) is 5.65. The van der Waals surface area contributed by atoms with Gasteiger partial charge in [0.25, 0.3) is 11.5 Å². The van der Waals surface area contributed by atoms with Crippen LogP contribution in [0.15, 0.2) is 39.6 Å². The Hall–Kier alpha value is -2.15. The number of nitrogens with zero attached hydrogens (tertiary/aromatic N) is 2. The molecule has 1 heterocycles. The van der Waals surface area contributed by atoms with E-state index in [0.29, 0.717) is 5.69 Å². The minimum absolute atomic E-state index is 0.105. The molecule has 110 valence electrons. The van der Waals surface area contributed by atoms with Gasteiger partial charge in [0, 0.05) is 16.6 Å². The van der Waals surface area contributed by atoms with E-state index in [4.69, 9.17) is 0 Å². The van der Waals surface area contributed by atoms with Crippen LogP contribution in [-0.4, -0.2) is 26.8 Å². The van der Waals surface area contributed by atoms with Gasteiger partial charge in [0.05, 0.1) is 5.69 Å². The number of carbonyl (C=O) groups is 1. The molecule has 0 aliphatic carbocycles. The SMILES string of the molecule is CC(C)NC(=O)c1nn(-c2ccc(Br)cc2)c(=O)cc1O. The van der Waals surface area contributed by atoms with Crippen LogP contribution in [0.5, 0.6) is 5.75 Å². The van der Waals surface area contributed by atoms with Gasteiger partial charge in [-0.1, -0.05) is 15.9 Å². The average Bonchev–Trinajstić information content (AvgIpc) is 2.39. The monoisotopic (exact) mass is 351 g/mol. The summed E-state index contributed by atoms with van der Waals surface area (Å²) in [5, 5.41) is 16.3. The van der Waals surface area contributed by atoms with Crippen LogP contribution in [0, 0.1) is 0 Å². The predicted molar refractivity (Wildman–Crippen MR) is 81.8 cm³/mol. The maximum atomic E-state index is 12.0. The number of carbonyl (C=O) groups excluding carboxylic acids is 1. The van der Waals surface area contributed by atoms with Crippen molar-refractivity contribution in [2.75, 3.05) is 0 Å². The highest BCUT2D eigenvalue weighted by Crippen LogP contribution is 2.15. The molecule has 0 unspecified atom stereocenters. The molecule has 2 N–H and O–H groups in total. The highest BCUT2D eigenvalue weighted by atomic mass is 79.9. The van der Waals surface area contributed by atoms with Crippen molar-refractivity contribution in [3.63, 3.8) is 0 Å². The third-order valence-corrected chi connectivity index (χ3v) is 3.15. The van der Waals surface area contributed by atoms with Gasteiger partial charge in [-0.05, 0) is 38.1 Å². The summed E-state index contributed by atoms with van der Waals surface area (Å²) in [5.41, 5.74) is -0.205. The number of hydrogen-bond donors (Lipinski definition) is 2. The van der Waals surface area contributed by atoms with E-state index in [9.17, 15) is 14.7 Å². The number of aromatic nitrogens is 2. The highest BCUT2D eigenvalue weighted by Gasteiger charge is 2.17. The summed E-state index contributed by atoms with van der Waals surface area (Å²) in [4.78, 5) is 23.9. The first-order valence-electron chi connectivity index (χ1n) is 6.28. The standard InChI is InChI=1S/C14H14BrN3O3/c1-8(2)16-14(21)13-11(19)7-12(20)18(17-13)10-5-3-9(15)4-6-10/h3-8,19H,1-2H3,(H,16,21). The van der Waals surface area contributed by atoms with Crippen molar-refractivity contribution < 1.29 is 9.90 Å². The molecule has 0 aliphatic heterocycles. The van der Waals surface area contributed by atoms with E-state index in [-0.39, 0.29) is 11.7 Å². The molecular weight excluding hydrogens is 338 g/mol. The fourth-order valence-electron chi connectivity index (χ4n) is 1.71. The van der Waals surface area contributed by atoms with Crippen LogP contribution in [0.4, 0.5) is 0 Å². The Kier molecular flexibility index (Phi) is 4.42. The van der Waals surface area contributed by atoms with Crippen molar-refractivity contribution in [3.8, 4) is 11.4 Å². The first kappa shape index (κ1) is 15.2. The Morgan fingerprint density at radius 2 is 1.95 bits per heavy atom. The number of benzene rings is 1. The molecule has 1 aromatic carbocycles. The summed E-state index contributed by atoms with van der Waals surface area (Å²) in [7, 11) is 0. The van der Waals surface area contributed by atoms with E-state index in [2.05, 4.69) is 26.3 Å². The zero-order chi connectivity index (χ0) is 15.6. The lowest BCUT2D eigenvalue weighted by molar-refractivity contribution is 0.0933. The lowest BCUT2D eigenvalue weighted by atomic mass is 10.3. The first-order valence-corrected chi connectivity index (χ1v) is 7.08. The third-order valence-electron chi connectivity index (χ3n) is 2.62. The van der Waals surface area contributed by atoms with Gasteiger partial charge in [0.1, 0.15) is 0 Å². The van der Waals surface area contributed by atoms with Gasteiger partial charge in [-0.3, -0.25) is 9.59 Å². The quantitative estimate of drug-likeness (QED) is 0.883. The highest BCUT2D eigenvalue weighted by molar-refractivity contribution is 9.10. The molecule has 0 bridgehead atoms. The van der Waals surface area contributed by atoms with Gasteiger partial charge in [0.15, 0.2) is 11.4 Å². The lowest BCUT2D eigenvalue weighted by Crippen LogP contribution is -2.33. The summed E-state index contributed by atoms with van der Waals surface area (Å²) in [6, 6.07) is 7.74. The first-order chi connectivity index (χ1) is 9.88. The lowest BCUT2D eigenvalue weighted by Gasteiger charge is -2.11. The van der Waals surface area contributed by atoms with E-state index < -0.39 is 17.2 Å². The van der Waals surface area contributed by atoms with Crippen molar-refractivity contribution >= 4 is 21.8 Å². The summed E-state index contributed by atoms with van der Waals surface area (Å²) in [5.74, 6) is -0.972. The largest absolute Gasteiger partial charge is 0.505 e. The zero-order valence-electron chi connectivity index (χ0n) is 11.5. The molecule has 0 saturated carbocycles. The Bertz CT molecular complexity index is 723. The Balaban J connectivity index is 2.50. The number of hydrogen-bond acceptors (Lipinski definition) is 4. The van der Waals surface area contributed by atoms with Gasteiger partial charge in [-0.15, -0.1) is 0 Å². The molecule has 0 saturated heterocycles. The van der Waals surface area contributed by atoms with Crippen LogP contribution in [0.3, 0.4) is 0 Å². The van der Waals surface area contributed by atoms with Gasteiger partial charge in [-0.25, -0.2) is 0 Å². The summed E-state index contributed by atoms with van der Waals surface area (Å²) >= 11 is 3.30. The van der Waals surface area contributed by atoms with Crippen molar-refractivity contribution in [3.05, 3.63) is 50.9 Å². The zero-order valence-corrected chi connectivity index (χ0v) is 13.1. The molecular formula is C14H14BrN3O3. The second-order valence-electron chi connectivity index (χ2n) is 4.73. The van der Waals surface area contributed by atoms with E-state index in [1.165, 1.54) is 0 Å². The maximum Gasteiger partial charge on any atom is 0.275 e. The van der Waals surface area contributed by atoms with E-state index in [1.807, 2.05) is 0 Å². The van der Waals surface area contributed by atoms with Crippen LogP contribution in [0.1, 0.15) is 24.3 Å². The van der Waals surface area contributed by atoms with Crippen molar-refractivity contribution in [2.24, 2.45) is 0 Å². The summed E-state index contributed by atoms with van der Waals surface area (Å²) in [6.07, 6.45) is 0. The van der Waals surface area contributed by atoms with Crippen molar-refractivity contribution in [1.82, 2.24) is 15.1 Å². The fraction of sp³-hybridized carbons (Fsp3) is 0.214. The molecule has 7 heteroatoms. The van der Waals surface area contributed by atoms with E-state index in [1.54, 1.807) is 38.1 Å². The minimum atomic E-state index is -0.534. The second kappa shape index (κ2) is 6.09. The molecule has 0 aliphatic rings. The van der Waals surface area contributed by atoms with Gasteiger partial charge in [-0.2, -0.15) is 9.78 Å². The third kappa shape index (κ3) is 3.49. The smallest absolute Gasteiger partial charge is 0.275 e. The predicted octanol–water partition coefficient (Wildman–Crippen LogP) is 1.84. The van der Waals surface area contributed by atoms with E-state index >= 15 is 0 Å². The maximum absolute atomic E-state index is 12.0. The molecule has 21 heavy (non-hydrogen) atoms. The van der Waals surface area contributed by atoms with Crippen molar-refractivity contribution in [2.45, 2.75) is 19.9 Å². The Labute approximate surface area is 129 Å². The van der Waals surface area contributed by atoms with E-state index in [0.717, 1.165) is 15.2 Å². The van der Waals surface area contributed by atoms with Gasteiger partial charge in [0.2, 0.25) is 0 Å². The van der Waals surface area contributed by atoms with Crippen LogP contribution in [0.2, 0.25) is 0 Å². The Morgan fingerprint density at radius 3 is 2.52 bits per heavy atom. The molecule has 6 nitrogen and oxygen atoms in total. The average molecular weight is 352 g/mol. The molecule has 1 amide bonds. The molecule has 2 aromatic rings. The molecule has 0 radical (unpaired) electrons. The normalized spacial score (nSPS) is 10.7. The molecule has 1 aromatic heterocycles. The van der Waals surface area contributed by atoms with Crippen LogP contribution >= 0.6 is 15.9 Å². The molecule has 0 spiro atoms. The number of rotatable bonds is 3. The fourth-order valence-corrected chi connectivity index (χ4v) is 1.97. The van der Waals surface area contributed by atoms with Crippen molar-refractivity contribution in [1.29, 1.82) is 0 Å². The number of nitrogens with one attached hydrogen (secondary N) is 1. The number of amides is 1. The Morgan fingerprint density at radius 1 is 1.33 bits per heavy atom. The van der Waals surface area contributed by atoms with Gasteiger partial charge >= 0.3 is 0 Å². The molecule has 2 rings (SSSR count). The number of halogens is 1. The number of aromatic hydroxyl groups is 1. The summed E-state index contributed by atoms with van der Waals surface area (Å²) in [6.45, 7) is 3.58. The topological polar surface area (TPSA) is 84.2 Å². The van der Waals surface area contributed by atoms with Crippen LogP contribution < -0.4 is 10.9 Å². The summed E-state index contributed by atoms with van der Waals surface area (Å²) < 4.78 is 1.93. The molecule has 0 fully saturated rings. The van der Waals surface area contributed by atoms with Gasteiger partial charge < -0.3 is 10.4 Å². The minimum Gasteiger partial charge on any atom is -0.505 e. The van der Waals surface area contributed by atoms with Crippen LogP contribution in [-0.2, 0) is 0 Å². The molecule has 0 atom stereocenters.